The van der Waals surface area contributed by atoms with Crippen LogP contribution in [0.3, 0.4) is 0 Å². The molecule has 8 heteroatoms. The van der Waals surface area contributed by atoms with Crippen LogP contribution in [0.15, 0.2) is 12.1 Å². The van der Waals surface area contributed by atoms with Crippen LogP contribution in [0.5, 0.6) is 0 Å². The number of carboxylic acid groups (broad SMARTS) is 1. The van der Waals surface area contributed by atoms with Crippen molar-refractivity contribution in [2.24, 2.45) is 0 Å². The van der Waals surface area contributed by atoms with Gasteiger partial charge in [0.15, 0.2) is 6.10 Å². The van der Waals surface area contributed by atoms with Gasteiger partial charge in [-0.25, -0.2) is 9.59 Å². The van der Waals surface area contributed by atoms with Crippen LogP contribution < -0.4 is 10.6 Å². The summed E-state index contributed by atoms with van der Waals surface area (Å²) in [5.41, 5.74) is 1.13. The number of halogens is 2. The highest BCUT2D eigenvalue weighted by molar-refractivity contribution is 6.36. The SMILES string of the molecule is Cc1cc(Cl)c(NC(=O)NCCC(O)C(=O)O)cc1Cl. The number of carboxylic acids is 1. The largest absolute Gasteiger partial charge is 0.479 e. The van der Waals surface area contributed by atoms with Gasteiger partial charge in [-0.2, -0.15) is 0 Å². The summed E-state index contributed by atoms with van der Waals surface area (Å²) in [5, 5.41) is 23.2. The first-order valence-corrected chi connectivity index (χ1v) is 6.48. The molecule has 1 unspecified atom stereocenters. The molecule has 6 nitrogen and oxygen atoms in total. The lowest BCUT2D eigenvalue weighted by molar-refractivity contribution is -0.146. The summed E-state index contributed by atoms with van der Waals surface area (Å²) in [4.78, 5) is 21.9. The van der Waals surface area contributed by atoms with Crippen molar-refractivity contribution in [3.05, 3.63) is 27.7 Å². The maximum Gasteiger partial charge on any atom is 0.332 e. The van der Waals surface area contributed by atoms with Gasteiger partial charge in [0.05, 0.1) is 10.7 Å². The number of aliphatic hydroxyl groups is 1. The van der Waals surface area contributed by atoms with E-state index < -0.39 is 18.1 Å². The number of hydrogen-bond donors (Lipinski definition) is 4. The summed E-state index contributed by atoms with van der Waals surface area (Å²) in [5.74, 6) is -1.33. The molecule has 0 spiro atoms. The lowest BCUT2D eigenvalue weighted by atomic mass is 10.2. The van der Waals surface area contributed by atoms with Gasteiger partial charge in [0, 0.05) is 18.0 Å². The van der Waals surface area contributed by atoms with Crippen LogP contribution in [0.2, 0.25) is 10.0 Å². The highest BCUT2D eigenvalue weighted by atomic mass is 35.5. The van der Waals surface area contributed by atoms with Crippen LogP contribution in [0, 0.1) is 6.92 Å². The second-order valence-electron chi connectivity index (χ2n) is 4.10. The first kappa shape index (κ1) is 16.6. The number of benzene rings is 1. The van der Waals surface area contributed by atoms with E-state index in [1.807, 2.05) is 0 Å². The van der Waals surface area contributed by atoms with Crippen molar-refractivity contribution in [2.75, 3.05) is 11.9 Å². The Morgan fingerprint density at radius 2 is 1.95 bits per heavy atom. The Morgan fingerprint density at radius 1 is 1.30 bits per heavy atom. The summed E-state index contributed by atoms with van der Waals surface area (Å²) < 4.78 is 0. The van der Waals surface area contributed by atoms with Gasteiger partial charge in [-0.3, -0.25) is 0 Å². The van der Waals surface area contributed by atoms with Gasteiger partial charge >= 0.3 is 12.0 Å². The molecule has 4 N–H and O–H groups in total. The van der Waals surface area contributed by atoms with E-state index in [1.165, 1.54) is 6.07 Å². The van der Waals surface area contributed by atoms with Crippen LogP contribution >= 0.6 is 23.2 Å². The number of urea groups is 1. The van der Waals surface area contributed by atoms with Crippen molar-refractivity contribution in [1.29, 1.82) is 0 Å². The topological polar surface area (TPSA) is 98.7 Å². The number of amides is 2. The first-order valence-electron chi connectivity index (χ1n) is 5.72. The van der Waals surface area contributed by atoms with Crippen LogP contribution in [0.25, 0.3) is 0 Å². The molecule has 0 aliphatic carbocycles. The first-order chi connectivity index (χ1) is 9.31. The lowest BCUT2D eigenvalue weighted by Crippen LogP contribution is -2.33. The summed E-state index contributed by atoms with van der Waals surface area (Å²) in [6, 6.07) is 2.57. The maximum atomic E-state index is 11.6. The number of hydrogen-bond acceptors (Lipinski definition) is 3. The van der Waals surface area contributed by atoms with E-state index in [2.05, 4.69) is 10.6 Å². The molecule has 0 saturated carbocycles. The highest BCUT2D eigenvalue weighted by Crippen LogP contribution is 2.28. The normalized spacial score (nSPS) is 11.8. The fourth-order valence-electron chi connectivity index (χ4n) is 1.35. The number of aliphatic hydroxyl groups excluding tert-OH is 1. The van der Waals surface area contributed by atoms with Crippen LogP contribution in [-0.2, 0) is 4.79 Å². The van der Waals surface area contributed by atoms with Crippen molar-refractivity contribution in [2.45, 2.75) is 19.4 Å². The third kappa shape index (κ3) is 4.88. The van der Waals surface area contributed by atoms with Gasteiger partial charge in [-0.1, -0.05) is 23.2 Å². The molecule has 0 heterocycles. The van der Waals surface area contributed by atoms with E-state index in [9.17, 15) is 9.59 Å². The molecule has 0 aromatic heterocycles. The van der Waals surface area contributed by atoms with Gasteiger partial charge in [-0.15, -0.1) is 0 Å². The van der Waals surface area contributed by atoms with Crippen molar-refractivity contribution in [3.63, 3.8) is 0 Å². The van der Waals surface area contributed by atoms with E-state index >= 15 is 0 Å². The molecule has 0 saturated heterocycles. The zero-order chi connectivity index (χ0) is 15.3. The second-order valence-corrected chi connectivity index (χ2v) is 4.92. The number of rotatable bonds is 5. The molecule has 1 aromatic rings. The lowest BCUT2D eigenvalue weighted by Gasteiger charge is -2.11. The second kappa shape index (κ2) is 7.33. The average Bonchev–Trinajstić information content (AvgIpc) is 2.35. The molecule has 0 aliphatic heterocycles. The average molecular weight is 321 g/mol. The summed E-state index contributed by atoms with van der Waals surface area (Å²) in [7, 11) is 0. The predicted octanol–water partition coefficient (Wildman–Crippen LogP) is 2.26. The van der Waals surface area contributed by atoms with Gasteiger partial charge in [0.1, 0.15) is 0 Å². The molecule has 20 heavy (non-hydrogen) atoms. The Kier molecular flexibility index (Phi) is 6.06. The minimum absolute atomic E-state index is 0.0104. The molecular formula is C12H14Cl2N2O4. The van der Waals surface area contributed by atoms with E-state index in [1.54, 1.807) is 13.0 Å². The Morgan fingerprint density at radius 3 is 2.55 bits per heavy atom. The van der Waals surface area contributed by atoms with Crippen molar-refractivity contribution in [1.82, 2.24) is 5.32 Å². The molecule has 2 amide bonds. The molecule has 0 fully saturated rings. The number of nitrogens with one attached hydrogen (secondary N) is 2. The Hall–Kier alpha value is -1.50. The number of aliphatic carboxylic acids is 1. The van der Waals surface area contributed by atoms with Crippen LogP contribution in [-0.4, -0.2) is 34.9 Å². The van der Waals surface area contributed by atoms with E-state index in [4.69, 9.17) is 33.4 Å². The molecule has 1 aromatic carbocycles. The number of aryl methyl sites for hydroxylation is 1. The summed E-state index contributed by atoms with van der Waals surface area (Å²) >= 11 is 11.9. The fourth-order valence-corrected chi connectivity index (χ4v) is 1.78. The minimum Gasteiger partial charge on any atom is -0.479 e. The number of carbonyl (C=O) groups excluding carboxylic acids is 1. The molecule has 110 valence electrons. The third-order valence-electron chi connectivity index (χ3n) is 2.48. The van der Waals surface area contributed by atoms with E-state index in [-0.39, 0.29) is 13.0 Å². The van der Waals surface area contributed by atoms with Crippen molar-refractivity contribution >= 4 is 40.9 Å². The monoisotopic (exact) mass is 320 g/mol. The molecule has 1 rings (SSSR count). The van der Waals surface area contributed by atoms with Gasteiger partial charge in [0.25, 0.3) is 0 Å². The van der Waals surface area contributed by atoms with Gasteiger partial charge in [0.2, 0.25) is 0 Å². The molecule has 0 radical (unpaired) electrons. The van der Waals surface area contributed by atoms with Crippen molar-refractivity contribution in [3.8, 4) is 0 Å². The van der Waals surface area contributed by atoms with Crippen molar-refractivity contribution < 1.29 is 19.8 Å². The van der Waals surface area contributed by atoms with Crippen LogP contribution in [0.4, 0.5) is 10.5 Å². The number of carbonyl (C=O) groups is 2. The zero-order valence-electron chi connectivity index (χ0n) is 10.6. The van der Waals surface area contributed by atoms with Crippen LogP contribution in [0.1, 0.15) is 12.0 Å². The zero-order valence-corrected chi connectivity index (χ0v) is 12.1. The minimum atomic E-state index is -1.51. The quantitative estimate of drug-likeness (QED) is 0.668. The fraction of sp³-hybridized carbons (Fsp3) is 0.333. The molecule has 1 atom stereocenters. The standard InChI is InChI=1S/C12H14Cl2N2O4/c1-6-4-8(14)9(5-7(6)13)16-12(20)15-3-2-10(17)11(18)19/h4-5,10,17H,2-3H2,1H3,(H,18,19)(H2,15,16,20). The molecular weight excluding hydrogens is 307 g/mol. The van der Waals surface area contributed by atoms with E-state index in [0.29, 0.717) is 15.7 Å². The highest BCUT2D eigenvalue weighted by Gasteiger charge is 2.13. The molecule has 0 aliphatic rings. The Labute approximate surface area is 125 Å². The number of anilines is 1. The third-order valence-corrected chi connectivity index (χ3v) is 3.20. The predicted molar refractivity (Wildman–Crippen MR) is 76.5 cm³/mol. The molecule has 0 bridgehead atoms. The summed E-state index contributed by atoms with van der Waals surface area (Å²) in [6.07, 6.45) is -1.60. The smallest absolute Gasteiger partial charge is 0.332 e. The van der Waals surface area contributed by atoms with Gasteiger partial charge in [-0.05, 0) is 24.6 Å². The van der Waals surface area contributed by atoms with Gasteiger partial charge < -0.3 is 20.8 Å². The Balaban J connectivity index is 2.51. The Bertz CT molecular complexity index is 522. The van der Waals surface area contributed by atoms with E-state index in [0.717, 1.165) is 5.56 Å². The summed E-state index contributed by atoms with van der Waals surface area (Å²) in [6.45, 7) is 1.79. The maximum absolute atomic E-state index is 11.6.